The highest BCUT2D eigenvalue weighted by molar-refractivity contribution is 6.35. The number of aliphatic carboxylic acids is 1. The fourth-order valence-corrected chi connectivity index (χ4v) is 2.08. The van der Waals surface area contributed by atoms with Crippen molar-refractivity contribution in [1.82, 2.24) is 5.32 Å². The van der Waals surface area contributed by atoms with Crippen molar-refractivity contribution in [2.75, 3.05) is 4.90 Å². The van der Waals surface area contributed by atoms with Crippen LogP contribution in [0.2, 0.25) is 5.02 Å². The Bertz CT molecular complexity index is 546. The number of carboxylic acid groups (broad SMARTS) is 1. The van der Waals surface area contributed by atoms with E-state index >= 15 is 0 Å². The summed E-state index contributed by atoms with van der Waals surface area (Å²) in [5.74, 6) is -1.50. The molecule has 0 bridgehead atoms. The number of carbonyl (C=O) groups excluding carboxylic acids is 2. The Morgan fingerprint density at radius 2 is 2.05 bits per heavy atom. The molecule has 1 aliphatic rings. The van der Waals surface area contributed by atoms with Crippen LogP contribution in [0.5, 0.6) is 0 Å². The molecule has 0 aliphatic carbocycles. The number of amides is 3. The molecule has 1 heterocycles. The fraction of sp³-hybridized carbons (Fsp3) is 0.250. The Balaban J connectivity index is 2.19. The molecule has 1 aromatic carbocycles. The first-order valence-corrected chi connectivity index (χ1v) is 5.99. The van der Waals surface area contributed by atoms with Crippen LogP contribution >= 0.6 is 11.6 Å². The van der Waals surface area contributed by atoms with Crippen LogP contribution in [0.25, 0.3) is 0 Å². The number of imide groups is 1. The second-order valence-electron chi connectivity index (χ2n) is 4.06. The lowest BCUT2D eigenvalue weighted by Gasteiger charge is -2.14. The summed E-state index contributed by atoms with van der Waals surface area (Å²) < 4.78 is 0. The van der Waals surface area contributed by atoms with Crippen LogP contribution in [0, 0.1) is 0 Å². The van der Waals surface area contributed by atoms with Crippen molar-refractivity contribution >= 4 is 35.2 Å². The van der Waals surface area contributed by atoms with E-state index in [-0.39, 0.29) is 17.9 Å². The largest absolute Gasteiger partial charge is 0.481 e. The summed E-state index contributed by atoms with van der Waals surface area (Å²) >= 11 is 5.94. The average Bonchev–Trinajstić information content (AvgIpc) is 2.63. The molecule has 0 spiro atoms. The summed E-state index contributed by atoms with van der Waals surface area (Å²) in [6, 6.07) is 5.06. The predicted molar refractivity (Wildman–Crippen MR) is 68.1 cm³/mol. The molecule has 100 valence electrons. The molecule has 1 atom stereocenters. The number of carboxylic acids is 1. The summed E-state index contributed by atoms with van der Waals surface area (Å²) in [4.78, 5) is 35.3. The molecule has 6 nitrogen and oxygen atoms in total. The van der Waals surface area contributed by atoms with Gasteiger partial charge in [0.25, 0.3) is 5.91 Å². The second kappa shape index (κ2) is 5.27. The van der Waals surface area contributed by atoms with E-state index in [0.717, 1.165) is 4.90 Å². The fourth-order valence-electron chi connectivity index (χ4n) is 1.86. The van der Waals surface area contributed by atoms with Gasteiger partial charge < -0.3 is 10.4 Å². The van der Waals surface area contributed by atoms with Gasteiger partial charge in [-0.3, -0.25) is 9.59 Å². The molecular weight excluding hydrogens is 272 g/mol. The van der Waals surface area contributed by atoms with Crippen LogP contribution in [0.3, 0.4) is 0 Å². The van der Waals surface area contributed by atoms with Gasteiger partial charge >= 0.3 is 12.0 Å². The molecule has 7 heteroatoms. The number of hydrogen-bond donors (Lipinski definition) is 2. The smallest absolute Gasteiger partial charge is 0.329 e. The van der Waals surface area contributed by atoms with Crippen molar-refractivity contribution in [2.45, 2.75) is 18.9 Å². The van der Waals surface area contributed by atoms with Gasteiger partial charge in [0.1, 0.15) is 6.04 Å². The van der Waals surface area contributed by atoms with Crippen molar-refractivity contribution < 1.29 is 19.5 Å². The van der Waals surface area contributed by atoms with Crippen LogP contribution in [-0.4, -0.2) is 29.1 Å². The third-order valence-electron chi connectivity index (χ3n) is 2.76. The van der Waals surface area contributed by atoms with Gasteiger partial charge in [-0.05, 0) is 18.6 Å². The summed E-state index contributed by atoms with van der Waals surface area (Å²) in [6.45, 7) is 0. The summed E-state index contributed by atoms with van der Waals surface area (Å²) in [5.41, 5.74) is 0.296. The van der Waals surface area contributed by atoms with E-state index in [4.69, 9.17) is 16.7 Å². The summed E-state index contributed by atoms with van der Waals surface area (Å²) in [6.07, 6.45) is -0.131. The molecule has 19 heavy (non-hydrogen) atoms. The quantitative estimate of drug-likeness (QED) is 0.822. The molecule has 1 aromatic rings. The van der Waals surface area contributed by atoms with Crippen LogP contribution in [0.15, 0.2) is 24.3 Å². The van der Waals surface area contributed by atoms with Gasteiger partial charge in [0.15, 0.2) is 0 Å². The maximum Gasteiger partial charge on any atom is 0.329 e. The number of benzene rings is 1. The lowest BCUT2D eigenvalue weighted by molar-refractivity contribution is -0.137. The van der Waals surface area contributed by atoms with Gasteiger partial charge in [-0.15, -0.1) is 0 Å². The highest BCUT2D eigenvalue weighted by Gasteiger charge is 2.39. The third-order valence-corrected chi connectivity index (χ3v) is 3.08. The van der Waals surface area contributed by atoms with Gasteiger partial charge in [-0.2, -0.15) is 0 Å². The minimum Gasteiger partial charge on any atom is -0.481 e. The maximum atomic E-state index is 12.1. The molecule has 1 aliphatic heterocycles. The van der Waals surface area contributed by atoms with E-state index in [0.29, 0.717) is 5.69 Å². The Morgan fingerprint density at radius 1 is 1.37 bits per heavy atom. The second-order valence-corrected chi connectivity index (χ2v) is 4.47. The average molecular weight is 283 g/mol. The van der Waals surface area contributed by atoms with Crippen molar-refractivity contribution in [2.24, 2.45) is 0 Å². The lowest BCUT2D eigenvalue weighted by Crippen LogP contribution is -2.31. The molecule has 1 saturated heterocycles. The van der Waals surface area contributed by atoms with Crippen LogP contribution in [0.1, 0.15) is 12.8 Å². The van der Waals surface area contributed by atoms with Gasteiger partial charge in [-0.1, -0.05) is 23.7 Å². The maximum absolute atomic E-state index is 12.1. The van der Waals surface area contributed by atoms with E-state index in [2.05, 4.69) is 5.32 Å². The van der Waals surface area contributed by atoms with E-state index < -0.39 is 23.9 Å². The Kier molecular flexibility index (Phi) is 3.71. The van der Waals surface area contributed by atoms with Crippen molar-refractivity contribution in [3.8, 4) is 0 Å². The minimum atomic E-state index is -1.02. The van der Waals surface area contributed by atoms with Gasteiger partial charge in [-0.25, -0.2) is 9.69 Å². The zero-order valence-corrected chi connectivity index (χ0v) is 10.6. The summed E-state index contributed by atoms with van der Waals surface area (Å²) in [7, 11) is 0. The molecule has 0 saturated carbocycles. The molecule has 1 unspecified atom stereocenters. The van der Waals surface area contributed by atoms with Crippen molar-refractivity contribution in [3.05, 3.63) is 29.3 Å². The molecule has 2 N–H and O–H groups in total. The molecule has 1 fully saturated rings. The van der Waals surface area contributed by atoms with E-state index in [1.54, 1.807) is 24.3 Å². The van der Waals surface area contributed by atoms with E-state index in [9.17, 15) is 14.4 Å². The minimum absolute atomic E-state index is 0.0564. The van der Waals surface area contributed by atoms with E-state index in [1.807, 2.05) is 0 Å². The van der Waals surface area contributed by atoms with Crippen LogP contribution in [-0.2, 0) is 9.59 Å². The van der Waals surface area contributed by atoms with Gasteiger partial charge in [0.2, 0.25) is 0 Å². The normalized spacial score (nSPS) is 18.6. The van der Waals surface area contributed by atoms with Gasteiger partial charge in [0.05, 0.1) is 10.7 Å². The SMILES string of the molecule is O=C(O)CCC1NC(=O)N(c2ccccc2Cl)C1=O. The Hall–Kier alpha value is -2.08. The zero-order valence-electron chi connectivity index (χ0n) is 9.80. The highest BCUT2D eigenvalue weighted by Crippen LogP contribution is 2.28. The number of anilines is 1. The molecule has 2 rings (SSSR count). The molecule has 0 aromatic heterocycles. The number of rotatable bonds is 4. The first kappa shape index (κ1) is 13.4. The summed E-state index contributed by atoms with van der Waals surface area (Å²) in [5, 5.41) is 11.3. The monoisotopic (exact) mass is 282 g/mol. The third kappa shape index (κ3) is 2.68. The van der Waals surface area contributed by atoms with Gasteiger partial charge in [0, 0.05) is 6.42 Å². The van der Waals surface area contributed by atoms with E-state index in [1.165, 1.54) is 0 Å². The van der Waals surface area contributed by atoms with Crippen LogP contribution in [0.4, 0.5) is 10.5 Å². The van der Waals surface area contributed by atoms with Crippen LogP contribution < -0.4 is 10.2 Å². The molecule has 0 radical (unpaired) electrons. The molecule has 3 amide bonds. The number of urea groups is 1. The Morgan fingerprint density at radius 3 is 2.68 bits per heavy atom. The number of nitrogens with zero attached hydrogens (tertiary/aromatic N) is 1. The number of hydrogen-bond acceptors (Lipinski definition) is 3. The number of nitrogens with one attached hydrogen (secondary N) is 1. The standard InChI is InChI=1S/C12H11ClN2O4/c13-7-3-1-2-4-9(7)15-11(18)8(14-12(15)19)5-6-10(16)17/h1-4,8H,5-6H2,(H,14,19)(H,16,17). The lowest BCUT2D eigenvalue weighted by atomic mass is 10.1. The Labute approximate surface area is 114 Å². The topological polar surface area (TPSA) is 86.7 Å². The number of para-hydroxylation sites is 1. The highest BCUT2D eigenvalue weighted by atomic mass is 35.5. The van der Waals surface area contributed by atoms with Crippen molar-refractivity contribution in [1.29, 1.82) is 0 Å². The molecular formula is C12H11ClN2O4. The zero-order chi connectivity index (χ0) is 14.0. The first-order chi connectivity index (χ1) is 9.00. The van der Waals surface area contributed by atoms with Crippen molar-refractivity contribution in [3.63, 3.8) is 0 Å². The number of carbonyl (C=O) groups is 3. The predicted octanol–water partition coefficient (Wildman–Crippen LogP) is 1.63. The first-order valence-electron chi connectivity index (χ1n) is 5.61. The number of halogens is 1.